The van der Waals surface area contributed by atoms with E-state index < -0.39 is 0 Å². The van der Waals surface area contributed by atoms with Gasteiger partial charge in [0.25, 0.3) is 0 Å². The zero-order valence-electron chi connectivity index (χ0n) is 8.91. The Morgan fingerprint density at radius 2 is 1.93 bits per heavy atom. The van der Waals surface area contributed by atoms with Gasteiger partial charge in [-0.2, -0.15) is 4.73 Å². The molecule has 1 heterocycles. The highest BCUT2D eigenvalue weighted by atomic mass is 16.5. The van der Waals surface area contributed by atoms with Crippen molar-refractivity contribution in [1.29, 1.82) is 0 Å². The Balaban J connectivity index is 2.21. The zero-order valence-corrected chi connectivity index (χ0v) is 8.91. The molecule has 14 heavy (non-hydrogen) atoms. The van der Waals surface area contributed by atoms with Crippen molar-refractivity contribution in [2.75, 3.05) is 0 Å². The van der Waals surface area contributed by atoms with E-state index in [2.05, 4.69) is 6.92 Å². The normalized spacial score (nSPS) is 10.4. The van der Waals surface area contributed by atoms with Gasteiger partial charge in [0.2, 0.25) is 0 Å². The first kappa shape index (κ1) is 11.0. The summed E-state index contributed by atoms with van der Waals surface area (Å²) in [5.74, 6) is 0. The third kappa shape index (κ3) is 3.77. The quantitative estimate of drug-likeness (QED) is 0.388. The minimum absolute atomic E-state index is 0.893. The summed E-state index contributed by atoms with van der Waals surface area (Å²) in [6, 6.07) is 5.61. The van der Waals surface area contributed by atoms with Crippen molar-refractivity contribution in [3.63, 3.8) is 0 Å². The van der Waals surface area contributed by atoms with E-state index in [9.17, 15) is 5.21 Å². The highest BCUT2D eigenvalue weighted by molar-refractivity contribution is 4.97. The van der Waals surface area contributed by atoms with Gasteiger partial charge < -0.3 is 5.21 Å². The first-order valence-electron chi connectivity index (χ1n) is 5.51. The van der Waals surface area contributed by atoms with Crippen LogP contribution >= 0.6 is 0 Å². The van der Waals surface area contributed by atoms with Crippen molar-refractivity contribution >= 4 is 0 Å². The maximum Gasteiger partial charge on any atom is 0.192 e. The molecule has 0 saturated carbocycles. The molecule has 0 bridgehead atoms. The summed E-state index contributed by atoms with van der Waals surface area (Å²) in [5, 5.41) is 11.3. The van der Waals surface area contributed by atoms with Gasteiger partial charge in [-0.05, 0) is 6.42 Å². The molecule has 78 valence electrons. The molecule has 0 amide bonds. The molecule has 0 saturated heterocycles. The summed E-state index contributed by atoms with van der Waals surface area (Å²) in [6.45, 7) is 2.21. The van der Waals surface area contributed by atoms with Gasteiger partial charge in [-0.3, -0.25) is 0 Å². The third-order valence-corrected chi connectivity index (χ3v) is 2.44. The van der Waals surface area contributed by atoms with E-state index in [1.165, 1.54) is 25.7 Å². The van der Waals surface area contributed by atoms with Crippen LogP contribution in [0.1, 0.15) is 44.7 Å². The second-order valence-corrected chi connectivity index (χ2v) is 3.68. The molecule has 0 atom stereocenters. The molecule has 1 aromatic rings. The van der Waals surface area contributed by atoms with Crippen LogP contribution in [0.3, 0.4) is 0 Å². The molecule has 2 heteroatoms. The van der Waals surface area contributed by atoms with E-state index in [-0.39, 0.29) is 0 Å². The monoisotopic (exact) mass is 193 g/mol. The van der Waals surface area contributed by atoms with E-state index in [1.54, 1.807) is 12.3 Å². The maximum absolute atomic E-state index is 11.3. The fourth-order valence-corrected chi connectivity index (χ4v) is 1.57. The highest BCUT2D eigenvalue weighted by Crippen LogP contribution is 2.05. The Labute approximate surface area is 86.2 Å². The summed E-state index contributed by atoms with van der Waals surface area (Å²) in [4.78, 5) is 0. The predicted octanol–water partition coefficient (Wildman–Crippen LogP) is 2.83. The molecule has 0 fully saturated rings. The van der Waals surface area contributed by atoms with E-state index in [4.69, 9.17) is 0 Å². The molecule has 0 unspecified atom stereocenters. The molecule has 1 rings (SSSR count). The Morgan fingerprint density at radius 3 is 2.64 bits per heavy atom. The molecule has 1 aromatic heterocycles. The number of aromatic nitrogens is 1. The van der Waals surface area contributed by atoms with E-state index in [1.807, 2.05) is 12.1 Å². The largest absolute Gasteiger partial charge is 0.619 e. The fraction of sp³-hybridized carbons (Fsp3) is 0.583. The smallest absolute Gasteiger partial charge is 0.192 e. The summed E-state index contributed by atoms with van der Waals surface area (Å²) in [5.41, 5.74) is 0.893. The van der Waals surface area contributed by atoms with Crippen LogP contribution in [0.5, 0.6) is 0 Å². The number of nitrogens with zero attached hydrogens (tertiary/aromatic N) is 1. The summed E-state index contributed by atoms with van der Waals surface area (Å²) >= 11 is 0. The van der Waals surface area contributed by atoms with Crippen LogP contribution in [-0.4, -0.2) is 0 Å². The third-order valence-electron chi connectivity index (χ3n) is 2.44. The standard InChI is InChI=1S/C12H19NO/c1-2-3-4-5-6-9-12-10-7-8-11-13(12)14/h7-8,10-11H,2-6,9H2,1H3. The van der Waals surface area contributed by atoms with Gasteiger partial charge in [-0.15, -0.1) is 0 Å². The van der Waals surface area contributed by atoms with Crippen LogP contribution in [-0.2, 0) is 6.42 Å². The minimum atomic E-state index is 0.893. The van der Waals surface area contributed by atoms with Crippen LogP contribution in [0.25, 0.3) is 0 Å². The predicted molar refractivity (Wildman–Crippen MR) is 57.9 cm³/mol. The number of unbranched alkanes of at least 4 members (excludes halogenated alkanes) is 4. The Morgan fingerprint density at radius 1 is 1.14 bits per heavy atom. The summed E-state index contributed by atoms with van der Waals surface area (Å²) in [6.07, 6.45) is 8.73. The van der Waals surface area contributed by atoms with Gasteiger partial charge in [0.15, 0.2) is 11.9 Å². The molecule has 2 nitrogen and oxygen atoms in total. The lowest BCUT2D eigenvalue weighted by Gasteiger charge is -2.03. The Kier molecular flexibility index (Phi) is 5.05. The molecular weight excluding hydrogens is 174 g/mol. The summed E-state index contributed by atoms with van der Waals surface area (Å²) in [7, 11) is 0. The second kappa shape index (κ2) is 6.41. The molecular formula is C12H19NO. The fourth-order valence-electron chi connectivity index (χ4n) is 1.57. The van der Waals surface area contributed by atoms with Gasteiger partial charge in [0.05, 0.1) is 0 Å². The molecule has 0 aliphatic carbocycles. The first-order chi connectivity index (χ1) is 6.84. The van der Waals surface area contributed by atoms with Gasteiger partial charge in [0.1, 0.15) is 0 Å². The number of hydrogen-bond acceptors (Lipinski definition) is 1. The molecule has 0 spiro atoms. The van der Waals surface area contributed by atoms with Crippen LogP contribution < -0.4 is 4.73 Å². The van der Waals surface area contributed by atoms with Crippen LogP contribution in [0, 0.1) is 5.21 Å². The van der Waals surface area contributed by atoms with Crippen molar-refractivity contribution in [2.45, 2.75) is 45.4 Å². The van der Waals surface area contributed by atoms with Crippen molar-refractivity contribution in [2.24, 2.45) is 0 Å². The van der Waals surface area contributed by atoms with Gasteiger partial charge >= 0.3 is 0 Å². The molecule has 0 N–H and O–H groups in total. The van der Waals surface area contributed by atoms with Gasteiger partial charge in [-0.1, -0.05) is 38.7 Å². The van der Waals surface area contributed by atoms with E-state index >= 15 is 0 Å². The number of pyridine rings is 1. The van der Waals surface area contributed by atoms with Crippen molar-refractivity contribution in [3.05, 3.63) is 35.3 Å². The van der Waals surface area contributed by atoms with Gasteiger partial charge in [0, 0.05) is 18.6 Å². The highest BCUT2D eigenvalue weighted by Gasteiger charge is 2.01. The topological polar surface area (TPSA) is 26.9 Å². The SMILES string of the molecule is CCCCCCCc1cccc[n+]1[O-]. The number of aryl methyl sites for hydroxylation is 1. The summed E-state index contributed by atoms with van der Waals surface area (Å²) < 4.78 is 0.972. The van der Waals surface area contributed by atoms with Gasteiger partial charge in [-0.25, -0.2) is 0 Å². The van der Waals surface area contributed by atoms with Crippen molar-refractivity contribution in [1.82, 2.24) is 0 Å². The van der Waals surface area contributed by atoms with Crippen LogP contribution in [0.2, 0.25) is 0 Å². The first-order valence-corrected chi connectivity index (χ1v) is 5.51. The zero-order chi connectivity index (χ0) is 10.2. The van der Waals surface area contributed by atoms with Crippen LogP contribution in [0.4, 0.5) is 0 Å². The Hall–Kier alpha value is -1.05. The van der Waals surface area contributed by atoms with E-state index in [0.717, 1.165) is 23.3 Å². The van der Waals surface area contributed by atoms with E-state index in [0.29, 0.717) is 0 Å². The van der Waals surface area contributed by atoms with Crippen molar-refractivity contribution in [3.8, 4) is 0 Å². The molecule has 0 aromatic carbocycles. The molecule has 0 radical (unpaired) electrons. The van der Waals surface area contributed by atoms with Crippen LogP contribution in [0.15, 0.2) is 24.4 Å². The maximum atomic E-state index is 11.3. The lowest BCUT2D eigenvalue weighted by atomic mass is 10.1. The average Bonchev–Trinajstić information content (AvgIpc) is 2.20. The number of rotatable bonds is 6. The molecule has 0 aliphatic heterocycles. The molecule has 0 aliphatic rings. The lowest BCUT2D eigenvalue weighted by molar-refractivity contribution is -0.614. The average molecular weight is 193 g/mol. The van der Waals surface area contributed by atoms with Crippen molar-refractivity contribution < 1.29 is 4.73 Å². The minimum Gasteiger partial charge on any atom is -0.619 e. The Bertz CT molecular complexity index is 260. The lowest BCUT2D eigenvalue weighted by Crippen LogP contribution is -2.30. The second-order valence-electron chi connectivity index (χ2n) is 3.68. The number of hydrogen-bond donors (Lipinski definition) is 0.